The summed E-state index contributed by atoms with van der Waals surface area (Å²) in [6.07, 6.45) is 4.12. The van der Waals surface area contributed by atoms with Gasteiger partial charge in [0.25, 0.3) is 0 Å². The number of hydrogen-bond donors (Lipinski definition) is 1. The fourth-order valence-electron chi connectivity index (χ4n) is 2.64. The highest BCUT2D eigenvalue weighted by Gasteiger charge is 2.21. The molecule has 2 rings (SSSR count). The molecule has 0 bridgehead atoms. The van der Waals surface area contributed by atoms with Crippen molar-refractivity contribution in [3.05, 3.63) is 28.8 Å². The van der Waals surface area contributed by atoms with Gasteiger partial charge in [0.2, 0.25) is 0 Å². The molecule has 2 nitrogen and oxygen atoms in total. The van der Waals surface area contributed by atoms with Gasteiger partial charge in [-0.25, -0.2) is 0 Å². The van der Waals surface area contributed by atoms with Crippen LogP contribution >= 0.6 is 11.6 Å². The minimum atomic E-state index is 0.117. The predicted molar refractivity (Wildman–Crippen MR) is 88.7 cm³/mol. The van der Waals surface area contributed by atoms with Crippen LogP contribution in [0.15, 0.2) is 18.2 Å². The molecule has 3 heteroatoms. The maximum absolute atomic E-state index is 6.45. The molecule has 0 aromatic heterocycles. The Morgan fingerprint density at radius 3 is 2.55 bits per heavy atom. The first-order valence-electron chi connectivity index (χ1n) is 7.60. The smallest absolute Gasteiger partial charge is 0.0642 e. The van der Waals surface area contributed by atoms with Gasteiger partial charge in [0.15, 0.2) is 0 Å². The van der Waals surface area contributed by atoms with Crippen molar-refractivity contribution in [3.63, 3.8) is 0 Å². The molecular formula is C17H27ClN2. The van der Waals surface area contributed by atoms with Gasteiger partial charge in [-0.05, 0) is 51.2 Å². The van der Waals surface area contributed by atoms with Crippen LogP contribution in [0.2, 0.25) is 5.02 Å². The van der Waals surface area contributed by atoms with E-state index in [0.29, 0.717) is 0 Å². The molecule has 1 aliphatic carbocycles. The van der Waals surface area contributed by atoms with Crippen LogP contribution in [0.1, 0.15) is 45.6 Å². The first kappa shape index (κ1) is 15.7. The van der Waals surface area contributed by atoms with Crippen LogP contribution in [0.4, 0.5) is 5.69 Å². The highest BCUT2D eigenvalue weighted by atomic mass is 35.5. The minimum absolute atomic E-state index is 0.117. The van der Waals surface area contributed by atoms with E-state index in [-0.39, 0.29) is 5.54 Å². The average molecular weight is 295 g/mol. The Balaban J connectivity index is 2.12. The van der Waals surface area contributed by atoms with Gasteiger partial charge in [0, 0.05) is 25.7 Å². The SMILES string of the molecule is CN(CC1CCC1)c1c(Cl)cccc1CNC(C)(C)C. The van der Waals surface area contributed by atoms with Crippen LogP contribution in [0.5, 0.6) is 0 Å². The molecular weight excluding hydrogens is 268 g/mol. The van der Waals surface area contributed by atoms with E-state index >= 15 is 0 Å². The minimum Gasteiger partial charge on any atom is -0.373 e. The summed E-state index contributed by atoms with van der Waals surface area (Å²) in [7, 11) is 2.17. The first-order chi connectivity index (χ1) is 9.37. The largest absolute Gasteiger partial charge is 0.373 e. The lowest BCUT2D eigenvalue weighted by Gasteiger charge is -2.33. The van der Waals surface area contributed by atoms with E-state index in [4.69, 9.17) is 11.6 Å². The normalized spacial score (nSPS) is 16.1. The second-order valence-corrected chi connectivity index (χ2v) is 7.44. The number of rotatable bonds is 5. The zero-order chi connectivity index (χ0) is 14.8. The van der Waals surface area contributed by atoms with E-state index in [0.717, 1.165) is 24.0 Å². The van der Waals surface area contributed by atoms with Crippen LogP contribution in [0.3, 0.4) is 0 Å². The van der Waals surface area contributed by atoms with Gasteiger partial charge in [-0.2, -0.15) is 0 Å². The Labute approximate surface area is 128 Å². The van der Waals surface area contributed by atoms with E-state index in [1.54, 1.807) is 0 Å². The molecule has 1 fully saturated rings. The Morgan fingerprint density at radius 2 is 2.00 bits per heavy atom. The molecule has 1 saturated carbocycles. The van der Waals surface area contributed by atoms with Gasteiger partial charge in [-0.15, -0.1) is 0 Å². The zero-order valence-electron chi connectivity index (χ0n) is 13.2. The molecule has 0 saturated heterocycles. The third-order valence-corrected chi connectivity index (χ3v) is 4.32. The standard InChI is InChI=1S/C17H27ClN2/c1-17(2,3)19-11-14-9-6-10-15(18)16(14)20(4)12-13-7-5-8-13/h6,9-10,13,19H,5,7-8,11-12H2,1-4H3. The van der Waals surface area contributed by atoms with E-state index in [2.05, 4.69) is 44.1 Å². The fourth-order valence-corrected chi connectivity index (χ4v) is 2.98. The third kappa shape index (κ3) is 4.13. The molecule has 0 aliphatic heterocycles. The molecule has 0 atom stereocenters. The molecule has 1 aromatic carbocycles. The number of hydrogen-bond acceptors (Lipinski definition) is 2. The van der Waals surface area contributed by atoms with Crippen molar-refractivity contribution in [3.8, 4) is 0 Å². The number of anilines is 1. The lowest BCUT2D eigenvalue weighted by atomic mass is 9.85. The average Bonchev–Trinajstić information content (AvgIpc) is 2.30. The van der Waals surface area contributed by atoms with Crippen molar-refractivity contribution in [2.75, 3.05) is 18.5 Å². The Morgan fingerprint density at radius 1 is 1.30 bits per heavy atom. The van der Waals surface area contributed by atoms with E-state index in [1.807, 2.05) is 12.1 Å². The maximum atomic E-state index is 6.45. The number of benzene rings is 1. The summed E-state index contributed by atoms with van der Waals surface area (Å²) in [5.74, 6) is 0.847. The fraction of sp³-hybridized carbons (Fsp3) is 0.647. The lowest BCUT2D eigenvalue weighted by molar-refractivity contribution is 0.321. The summed E-state index contributed by atoms with van der Waals surface area (Å²) in [5, 5.41) is 4.42. The number of halogens is 1. The van der Waals surface area contributed by atoms with Gasteiger partial charge in [0.05, 0.1) is 10.7 Å². The number of nitrogens with one attached hydrogen (secondary N) is 1. The summed E-state index contributed by atoms with van der Waals surface area (Å²) >= 11 is 6.45. The molecule has 1 aliphatic rings. The van der Waals surface area contributed by atoms with E-state index in [1.165, 1.54) is 30.5 Å². The molecule has 0 unspecified atom stereocenters. The van der Waals surface area contributed by atoms with E-state index in [9.17, 15) is 0 Å². The molecule has 112 valence electrons. The third-order valence-electron chi connectivity index (χ3n) is 4.02. The molecule has 0 radical (unpaired) electrons. The van der Waals surface area contributed by atoms with Crippen LogP contribution in [0, 0.1) is 5.92 Å². The Hall–Kier alpha value is -0.730. The summed E-state index contributed by atoms with van der Waals surface area (Å²) in [4.78, 5) is 2.34. The first-order valence-corrected chi connectivity index (χ1v) is 7.98. The second-order valence-electron chi connectivity index (χ2n) is 7.03. The van der Waals surface area contributed by atoms with Crippen molar-refractivity contribution in [2.45, 2.75) is 52.1 Å². The highest BCUT2D eigenvalue weighted by Crippen LogP contribution is 2.33. The maximum Gasteiger partial charge on any atom is 0.0642 e. The van der Waals surface area contributed by atoms with Crippen molar-refractivity contribution >= 4 is 17.3 Å². The zero-order valence-corrected chi connectivity index (χ0v) is 13.9. The summed E-state index contributed by atoms with van der Waals surface area (Å²) < 4.78 is 0. The Kier molecular flexibility index (Phi) is 4.98. The molecule has 0 heterocycles. The predicted octanol–water partition coefficient (Wildman–Crippen LogP) is 4.46. The van der Waals surface area contributed by atoms with E-state index < -0.39 is 0 Å². The van der Waals surface area contributed by atoms with Gasteiger partial charge >= 0.3 is 0 Å². The van der Waals surface area contributed by atoms with Crippen LogP contribution in [-0.2, 0) is 6.54 Å². The van der Waals surface area contributed by atoms with Gasteiger partial charge in [0.1, 0.15) is 0 Å². The summed E-state index contributed by atoms with van der Waals surface area (Å²) in [6, 6.07) is 6.22. The van der Waals surface area contributed by atoms with Crippen molar-refractivity contribution < 1.29 is 0 Å². The molecule has 0 spiro atoms. The summed E-state index contributed by atoms with van der Waals surface area (Å²) in [5.41, 5.74) is 2.60. The van der Waals surface area contributed by atoms with Crippen LogP contribution < -0.4 is 10.2 Å². The Bertz CT molecular complexity index is 447. The number of para-hydroxylation sites is 1. The van der Waals surface area contributed by atoms with Crippen molar-refractivity contribution in [1.82, 2.24) is 5.32 Å². The van der Waals surface area contributed by atoms with Crippen LogP contribution in [-0.4, -0.2) is 19.1 Å². The monoisotopic (exact) mass is 294 g/mol. The van der Waals surface area contributed by atoms with Crippen molar-refractivity contribution in [2.24, 2.45) is 5.92 Å². The molecule has 20 heavy (non-hydrogen) atoms. The summed E-state index contributed by atoms with van der Waals surface area (Å²) in [6.45, 7) is 8.54. The number of nitrogens with zero attached hydrogens (tertiary/aromatic N) is 1. The van der Waals surface area contributed by atoms with Crippen molar-refractivity contribution in [1.29, 1.82) is 0 Å². The molecule has 1 N–H and O–H groups in total. The molecule has 1 aromatic rings. The lowest BCUT2D eigenvalue weighted by Crippen LogP contribution is -2.36. The molecule has 0 amide bonds. The van der Waals surface area contributed by atoms with Gasteiger partial charge in [-0.3, -0.25) is 0 Å². The highest BCUT2D eigenvalue weighted by molar-refractivity contribution is 6.33. The van der Waals surface area contributed by atoms with Crippen LogP contribution in [0.25, 0.3) is 0 Å². The quantitative estimate of drug-likeness (QED) is 0.862. The van der Waals surface area contributed by atoms with Gasteiger partial charge in [-0.1, -0.05) is 30.2 Å². The second kappa shape index (κ2) is 6.36. The topological polar surface area (TPSA) is 15.3 Å². The van der Waals surface area contributed by atoms with Gasteiger partial charge < -0.3 is 10.2 Å².